The Hall–Kier alpha value is -4.60. The van der Waals surface area contributed by atoms with E-state index in [1.807, 2.05) is 91.9 Å². The first-order valence-electron chi connectivity index (χ1n) is 14.1. The molecule has 43 heavy (non-hydrogen) atoms. The van der Waals surface area contributed by atoms with E-state index in [1.54, 1.807) is 31.3 Å². The first-order chi connectivity index (χ1) is 20.8. The molecular weight excluding hydrogens is 562 g/mol. The van der Waals surface area contributed by atoms with E-state index >= 15 is 0 Å². The molecule has 1 saturated heterocycles. The third-order valence-electron chi connectivity index (χ3n) is 8.06. The van der Waals surface area contributed by atoms with Gasteiger partial charge in [0, 0.05) is 43.6 Å². The fraction of sp³-hybridized carbons (Fsp3) is 0.206. The molecule has 1 aliphatic rings. The standard InChI is InChI=1S/C34H33N3O5S/c1-24-32(23-33(26-11-14-29(41-2)15-12-26)37(24)28-9-6-10-30(22-28)42-3)34(38)35-17-19-36(20-18-35)43(39,40)31-16-13-25-7-4-5-8-27(25)21-31/h4-16,21-23H,17-20H2,1-3H3. The molecule has 9 heteroatoms. The van der Waals surface area contributed by atoms with Crippen LogP contribution in [0.4, 0.5) is 0 Å². The molecule has 1 fully saturated rings. The molecule has 0 atom stereocenters. The van der Waals surface area contributed by atoms with Gasteiger partial charge in [0.05, 0.1) is 30.4 Å². The highest BCUT2D eigenvalue weighted by molar-refractivity contribution is 7.89. The molecule has 6 rings (SSSR count). The quantitative estimate of drug-likeness (QED) is 0.239. The third-order valence-corrected chi connectivity index (χ3v) is 9.95. The summed E-state index contributed by atoms with van der Waals surface area (Å²) in [6.07, 6.45) is 0. The van der Waals surface area contributed by atoms with Gasteiger partial charge in [-0.3, -0.25) is 4.79 Å². The van der Waals surface area contributed by atoms with Crippen LogP contribution in [0.2, 0.25) is 0 Å². The van der Waals surface area contributed by atoms with Crippen LogP contribution in [0, 0.1) is 6.92 Å². The molecule has 0 unspecified atom stereocenters. The Kier molecular flexibility index (Phi) is 7.68. The van der Waals surface area contributed by atoms with Crippen molar-refractivity contribution < 1.29 is 22.7 Å². The number of methoxy groups -OCH3 is 2. The normalized spacial score (nSPS) is 14.2. The maximum absolute atomic E-state index is 13.9. The predicted molar refractivity (Wildman–Crippen MR) is 168 cm³/mol. The average Bonchev–Trinajstić information content (AvgIpc) is 3.40. The topological polar surface area (TPSA) is 81.1 Å². The van der Waals surface area contributed by atoms with Crippen LogP contribution in [-0.2, 0) is 10.0 Å². The van der Waals surface area contributed by atoms with Crippen LogP contribution < -0.4 is 9.47 Å². The van der Waals surface area contributed by atoms with Gasteiger partial charge in [-0.25, -0.2) is 8.42 Å². The van der Waals surface area contributed by atoms with Gasteiger partial charge >= 0.3 is 0 Å². The minimum atomic E-state index is -3.69. The molecule has 0 aliphatic carbocycles. The zero-order valence-corrected chi connectivity index (χ0v) is 25.2. The molecule has 5 aromatic rings. The van der Waals surface area contributed by atoms with Gasteiger partial charge < -0.3 is 18.9 Å². The zero-order chi connectivity index (χ0) is 30.1. The van der Waals surface area contributed by atoms with Crippen molar-refractivity contribution in [3.8, 4) is 28.4 Å². The molecule has 1 amide bonds. The van der Waals surface area contributed by atoms with Gasteiger partial charge in [-0.1, -0.05) is 36.4 Å². The number of amides is 1. The number of carbonyl (C=O) groups excluding carboxylic acids is 1. The molecule has 0 bridgehead atoms. The van der Waals surface area contributed by atoms with E-state index in [-0.39, 0.29) is 23.9 Å². The van der Waals surface area contributed by atoms with Crippen molar-refractivity contribution in [1.82, 2.24) is 13.8 Å². The highest BCUT2D eigenvalue weighted by Gasteiger charge is 2.32. The van der Waals surface area contributed by atoms with Gasteiger partial charge in [-0.15, -0.1) is 0 Å². The molecule has 220 valence electrons. The Morgan fingerprint density at radius 1 is 0.721 bits per heavy atom. The predicted octanol–water partition coefficient (Wildman–Crippen LogP) is 5.77. The molecule has 8 nitrogen and oxygen atoms in total. The van der Waals surface area contributed by atoms with Gasteiger partial charge in [0.15, 0.2) is 0 Å². The summed E-state index contributed by atoms with van der Waals surface area (Å²) >= 11 is 0. The van der Waals surface area contributed by atoms with Gasteiger partial charge in [0.2, 0.25) is 10.0 Å². The Morgan fingerprint density at radius 3 is 2.12 bits per heavy atom. The van der Waals surface area contributed by atoms with Crippen molar-refractivity contribution in [2.75, 3.05) is 40.4 Å². The third kappa shape index (κ3) is 5.37. The number of sulfonamides is 1. The lowest BCUT2D eigenvalue weighted by Gasteiger charge is -2.34. The van der Waals surface area contributed by atoms with E-state index in [9.17, 15) is 13.2 Å². The second-order valence-electron chi connectivity index (χ2n) is 10.5. The molecule has 0 saturated carbocycles. The van der Waals surface area contributed by atoms with Crippen LogP contribution in [0.15, 0.2) is 102 Å². The van der Waals surface area contributed by atoms with Crippen molar-refractivity contribution in [1.29, 1.82) is 0 Å². The lowest BCUT2D eigenvalue weighted by molar-refractivity contribution is 0.0697. The smallest absolute Gasteiger partial charge is 0.255 e. The highest BCUT2D eigenvalue weighted by atomic mass is 32.2. The first kappa shape index (κ1) is 28.5. The largest absolute Gasteiger partial charge is 0.497 e. The van der Waals surface area contributed by atoms with E-state index in [0.29, 0.717) is 24.4 Å². The number of fused-ring (bicyclic) bond motifs is 1. The van der Waals surface area contributed by atoms with Crippen LogP contribution in [0.3, 0.4) is 0 Å². The number of piperazine rings is 1. The summed E-state index contributed by atoms with van der Waals surface area (Å²) in [4.78, 5) is 15.9. The minimum absolute atomic E-state index is 0.128. The fourth-order valence-electron chi connectivity index (χ4n) is 5.66. The van der Waals surface area contributed by atoms with E-state index in [2.05, 4.69) is 4.57 Å². The van der Waals surface area contributed by atoms with Crippen molar-refractivity contribution >= 4 is 26.7 Å². The summed E-state index contributed by atoms with van der Waals surface area (Å²) in [6.45, 7) is 2.98. The summed E-state index contributed by atoms with van der Waals surface area (Å²) in [7, 11) is -0.441. The molecule has 0 N–H and O–H groups in total. The lowest BCUT2D eigenvalue weighted by atomic mass is 10.1. The molecular formula is C34H33N3O5S. The number of carbonyl (C=O) groups is 1. The molecule has 0 radical (unpaired) electrons. The second kappa shape index (κ2) is 11.6. The van der Waals surface area contributed by atoms with Crippen molar-refractivity contribution in [2.45, 2.75) is 11.8 Å². The Labute approximate surface area is 251 Å². The SMILES string of the molecule is COc1ccc(-c2cc(C(=O)N3CCN(S(=O)(=O)c4ccc5ccccc5c4)CC3)c(C)n2-c2cccc(OC)c2)cc1. The first-order valence-corrected chi connectivity index (χ1v) is 15.5. The van der Waals surface area contributed by atoms with Crippen molar-refractivity contribution in [2.24, 2.45) is 0 Å². The Bertz CT molecular complexity index is 1910. The number of benzene rings is 4. The van der Waals surface area contributed by atoms with E-state index in [4.69, 9.17) is 9.47 Å². The summed E-state index contributed by atoms with van der Waals surface area (Å²) in [5, 5.41) is 1.86. The molecule has 1 aromatic heterocycles. The van der Waals surface area contributed by atoms with E-state index in [1.165, 1.54) is 4.31 Å². The summed E-state index contributed by atoms with van der Waals surface area (Å²) < 4.78 is 41.3. The molecule has 1 aliphatic heterocycles. The maximum Gasteiger partial charge on any atom is 0.255 e. The fourth-order valence-corrected chi connectivity index (χ4v) is 7.12. The van der Waals surface area contributed by atoms with Crippen LogP contribution in [0.25, 0.3) is 27.7 Å². The lowest BCUT2D eigenvalue weighted by Crippen LogP contribution is -2.50. The monoisotopic (exact) mass is 595 g/mol. The summed E-state index contributed by atoms with van der Waals surface area (Å²) in [6, 6.07) is 30.2. The van der Waals surface area contributed by atoms with Gasteiger partial charge in [0.1, 0.15) is 11.5 Å². The highest BCUT2D eigenvalue weighted by Crippen LogP contribution is 2.33. The number of hydrogen-bond donors (Lipinski definition) is 0. The molecule has 0 spiro atoms. The average molecular weight is 596 g/mol. The summed E-state index contributed by atoms with van der Waals surface area (Å²) in [5.41, 5.74) is 4.01. The van der Waals surface area contributed by atoms with Crippen LogP contribution in [-0.4, -0.2) is 68.5 Å². The van der Waals surface area contributed by atoms with Gasteiger partial charge in [-0.05, 0) is 77.9 Å². The van der Waals surface area contributed by atoms with Crippen LogP contribution >= 0.6 is 0 Å². The van der Waals surface area contributed by atoms with Crippen LogP contribution in [0.1, 0.15) is 16.1 Å². The number of aromatic nitrogens is 1. The Balaban J connectivity index is 1.28. The van der Waals surface area contributed by atoms with Crippen LogP contribution in [0.5, 0.6) is 11.5 Å². The summed E-state index contributed by atoms with van der Waals surface area (Å²) in [5.74, 6) is 1.33. The second-order valence-corrected chi connectivity index (χ2v) is 12.4. The zero-order valence-electron chi connectivity index (χ0n) is 24.4. The Morgan fingerprint density at radius 2 is 1.42 bits per heavy atom. The number of ether oxygens (including phenoxy) is 2. The van der Waals surface area contributed by atoms with E-state index < -0.39 is 10.0 Å². The van der Waals surface area contributed by atoms with Gasteiger partial charge in [-0.2, -0.15) is 4.31 Å². The van der Waals surface area contributed by atoms with Crippen molar-refractivity contribution in [3.63, 3.8) is 0 Å². The number of nitrogens with zero attached hydrogens (tertiary/aromatic N) is 3. The van der Waals surface area contributed by atoms with Crippen molar-refractivity contribution in [3.05, 3.63) is 108 Å². The molecule has 4 aromatic carbocycles. The maximum atomic E-state index is 13.9. The van der Waals surface area contributed by atoms with E-state index in [0.717, 1.165) is 39.2 Å². The van der Waals surface area contributed by atoms with Gasteiger partial charge in [0.25, 0.3) is 5.91 Å². The number of hydrogen-bond acceptors (Lipinski definition) is 5. The number of rotatable bonds is 7. The minimum Gasteiger partial charge on any atom is -0.497 e. The molecule has 2 heterocycles.